The molecule has 1 N–H and O–H groups in total. The van der Waals surface area contributed by atoms with E-state index >= 15 is 0 Å². The second-order valence-electron chi connectivity index (χ2n) is 6.15. The van der Waals surface area contributed by atoms with Crippen molar-refractivity contribution in [1.29, 1.82) is 0 Å². The largest absolute Gasteiger partial charge is 0.494 e. The number of hydrogen-bond donors (Lipinski definition) is 1. The van der Waals surface area contributed by atoms with Crippen LogP contribution in [-0.2, 0) is 6.54 Å². The van der Waals surface area contributed by atoms with Crippen molar-refractivity contribution < 1.29 is 14.6 Å². The van der Waals surface area contributed by atoms with Gasteiger partial charge >= 0.3 is 5.97 Å². The Hall–Kier alpha value is -2.60. The maximum atomic E-state index is 11.3. The van der Waals surface area contributed by atoms with Crippen molar-refractivity contribution in [1.82, 2.24) is 14.5 Å². The molecule has 0 spiro atoms. The number of nitrogens with zero attached hydrogens (tertiary/aromatic N) is 3. The summed E-state index contributed by atoms with van der Waals surface area (Å²) in [7, 11) is 0. The molecule has 0 amide bonds. The van der Waals surface area contributed by atoms with E-state index in [1.54, 1.807) is 6.07 Å². The Morgan fingerprint density at radius 3 is 2.69 bits per heavy atom. The Labute approximate surface area is 156 Å². The van der Waals surface area contributed by atoms with Crippen LogP contribution in [0.1, 0.15) is 40.8 Å². The molecule has 2 aromatic heterocycles. The second-order valence-corrected chi connectivity index (χ2v) is 6.56. The molecule has 0 aliphatic carbocycles. The lowest BCUT2D eigenvalue weighted by Gasteiger charge is -2.11. The maximum absolute atomic E-state index is 11.3. The lowest BCUT2D eigenvalue weighted by atomic mass is 10.2. The summed E-state index contributed by atoms with van der Waals surface area (Å²) >= 11 is 6.41. The number of halogens is 1. The van der Waals surface area contributed by atoms with Crippen LogP contribution < -0.4 is 4.74 Å². The minimum atomic E-state index is -1.06. The van der Waals surface area contributed by atoms with Gasteiger partial charge in [0.15, 0.2) is 11.3 Å². The summed E-state index contributed by atoms with van der Waals surface area (Å²) in [6, 6.07) is 7.12. The highest BCUT2D eigenvalue weighted by atomic mass is 35.5. The highest BCUT2D eigenvalue weighted by Gasteiger charge is 2.16. The highest BCUT2D eigenvalue weighted by molar-refractivity contribution is 6.31. The standard InChI is InChI=1S/C19H20ClN3O3/c1-4-7-26-14-6-5-13(15(20)9-14)10-23-12(3)21-17-11(2)8-16(19(24)25)22-18(17)23/h5-6,8-9H,4,7,10H2,1-3H3,(H,24,25). The van der Waals surface area contributed by atoms with Gasteiger partial charge in [0.25, 0.3) is 0 Å². The van der Waals surface area contributed by atoms with Gasteiger partial charge in [0.2, 0.25) is 0 Å². The van der Waals surface area contributed by atoms with Gasteiger partial charge in [0.05, 0.1) is 13.2 Å². The molecule has 0 bridgehead atoms. The molecule has 0 saturated heterocycles. The van der Waals surface area contributed by atoms with Crippen LogP contribution in [0.2, 0.25) is 5.02 Å². The molecule has 2 heterocycles. The molecule has 7 heteroatoms. The van der Waals surface area contributed by atoms with E-state index in [1.807, 2.05) is 37.5 Å². The van der Waals surface area contributed by atoms with Crippen molar-refractivity contribution in [3.8, 4) is 5.75 Å². The summed E-state index contributed by atoms with van der Waals surface area (Å²) in [6.45, 7) is 6.84. The molecule has 0 aliphatic rings. The normalized spacial score (nSPS) is 11.1. The molecule has 6 nitrogen and oxygen atoms in total. The summed E-state index contributed by atoms with van der Waals surface area (Å²) in [4.78, 5) is 20.1. The molecule has 0 atom stereocenters. The fourth-order valence-electron chi connectivity index (χ4n) is 2.79. The first-order chi connectivity index (χ1) is 12.4. The van der Waals surface area contributed by atoms with E-state index in [4.69, 9.17) is 16.3 Å². The Balaban J connectivity index is 2.01. The van der Waals surface area contributed by atoms with Crippen molar-refractivity contribution in [2.45, 2.75) is 33.7 Å². The van der Waals surface area contributed by atoms with Gasteiger partial charge in [-0.05, 0) is 49.6 Å². The number of fused-ring (bicyclic) bond motifs is 1. The monoisotopic (exact) mass is 373 g/mol. The first-order valence-electron chi connectivity index (χ1n) is 8.39. The maximum Gasteiger partial charge on any atom is 0.354 e. The van der Waals surface area contributed by atoms with E-state index < -0.39 is 5.97 Å². The Bertz CT molecular complexity index is 982. The molecule has 1 aromatic carbocycles. The minimum Gasteiger partial charge on any atom is -0.494 e. The molecular weight excluding hydrogens is 354 g/mol. The Kier molecular flexibility index (Phi) is 5.13. The summed E-state index contributed by atoms with van der Waals surface area (Å²) in [5.74, 6) is 0.423. The summed E-state index contributed by atoms with van der Waals surface area (Å²) in [5.41, 5.74) is 2.92. The molecule has 26 heavy (non-hydrogen) atoms. The third-order valence-corrected chi connectivity index (χ3v) is 4.48. The van der Waals surface area contributed by atoms with Crippen LogP contribution in [-0.4, -0.2) is 32.2 Å². The third kappa shape index (κ3) is 3.51. The van der Waals surface area contributed by atoms with Crippen LogP contribution in [0.5, 0.6) is 5.75 Å². The van der Waals surface area contributed by atoms with E-state index in [9.17, 15) is 9.90 Å². The molecular formula is C19H20ClN3O3. The van der Waals surface area contributed by atoms with Crippen molar-refractivity contribution in [2.24, 2.45) is 0 Å². The number of hydrogen-bond acceptors (Lipinski definition) is 4. The zero-order valence-corrected chi connectivity index (χ0v) is 15.7. The quantitative estimate of drug-likeness (QED) is 0.699. The van der Waals surface area contributed by atoms with Gasteiger partial charge in [-0.25, -0.2) is 14.8 Å². The Morgan fingerprint density at radius 2 is 2.04 bits per heavy atom. The average molecular weight is 374 g/mol. The van der Waals surface area contributed by atoms with Gasteiger partial charge in [-0.3, -0.25) is 0 Å². The smallest absolute Gasteiger partial charge is 0.354 e. The van der Waals surface area contributed by atoms with E-state index in [0.29, 0.717) is 29.3 Å². The molecule has 0 aliphatic heterocycles. The minimum absolute atomic E-state index is 0.00515. The number of imidazole rings is 1. The van der Waals surface area contributed by atoms with Crippen LogP contribution in [0.15, 0.2) is 24.3 Å². The summed E-state index contributed by atoms with van der Waals surface area (Å²) in [6.07, 6.45) is 0.927. The van der Waals surface area contributed by atoms with Crippen LogP contribution in [0.3, 0.4) is 0 Å². The predicted molar refractivity (Wildman–Crippen MR) is 100 cm³/mol. The zero-order valence-electron chi connectivity index (χ0n) is 14.9. The first-order valence-corrected chi connectivity index (χ1v) is 8.77. The number of aryl methyl sites for hydroxylation is 2. The van der Waals surface area contributed by atoms with Crippen molar-refractivity contribution >= 4 is 28.7 Å². The number of benzene rings is 1. The van der Waals surface area contributed by atoms with E-state index in [-0.39, 0.29) is 5.69 Å². The molecule has 0 saturated carbocycles. The Morgan fingerprint density at radius 1 is 1.27 bits per heavy atom. The molecule has 3 rings (SSSR count). The van der Waals surface area contributed by atoms with E-state index in [2.05, 4.69) is 9.97 Å². The number of ether oxygens (including phenoxy) is 1. The van der Waals surface area contributed by atoms with Crippen molar-refractivity contribution in [3.63, 3.8) is 0 Å². The van der Waals surface area contributed by atoms with Gasteiger partial charge in [-0.15, -0.1) is 0 Å². The number of carbonyl (C=O) groups is 1. The fraction of sp³-hybridized carbons (Fsp3) is 0.316. The van der Waals surface area contributed by atoms with Gasteiger partial charge in [-0.2, -0.15) is 0 Å². The highest BCUT2D eigenvalue weighted by Crippen LogP contribution is 2.26. The predicted octanol–water partition coefficient (Wildman–Crippen LogP) is 4.24. The lowest BCUT2D eigenvalue weighted by molar-refractivity contribution is 0.0690. The number of pyridine rings is 1. The summed E-state index contributed by atoms with van der Waals surface area (Å²) < 4.78 is 7.47. The van der Waals surface area contributed by atoms with Crippen LogP contribution >= 0.6 is 11.6 Å². The average Bonchev–Trinajstić information content (AvgIpc) is 2.91. The number of aromatic carboxylic acids is 1. The van der Waals surface area contributed by atoms with E-state index in [1.165, 1.54) is 6.07 Å². The van der Waals surface area contributed by atoms with Gasteiger partial charge in [-0.1, -0.05) is 24.6 Å². The fourth-order valence-corrected chi connectivity index (χ4v) is 3.02. The van der Waals surface area contributed by atoms with Gasteiger partial charge < -0.3 is 14.4 Å². The zero-order chi connectivity index (χ0) is 18.8. The topological polar surface area (TPSA) is 77.2 Å². The number of rotatable bonds is 6. The number of carboxylic acids is 1. The third-order valence-electron chi connectivity index (χ3n) is 4.13. The second kappa shape index (κ2) is 7.33. The summed E-state index contributed by atoms with van der Waals surface area (Å²) in [5, 5.41) is 9.86. The van der Waals surface area contributed by atoms with Crippen molar-refractivity contribution in [2.75, 3.05) is 6.61 Å². The van der Waals surface area contributed by atoms with Gasteiger partial charge in [0, 0.05) is 5.02 Å². The lowest BCUT2D eigenvalue weighted by Crippen LogP contribution is -2.07. The van der Waals surface area contributed by atoms with E-state index in [0.717, 1.165) is 29.1 Å². The molecule has 136 valence electrons. The SMILES string of the molecule is CCCOc1ccc(Cn2c(C)nc3c(C)cc(C(=O)O)nc32)c(Cl)c1. The molecule has 0 fully saturated rings. The van der Waals surface area contributed by atoms with Crippen LogP contribution in [0.25, 0.3) is 11.2 Å². The van der Waals surface area contributed by atoms with Crippen LogP contribution in [0.4, 0.5) is 0 Å². The van der Waals surface area contributed by atoms with Gasteiger partial charge in [0.1, 0.15) is 17.1 Å². The number of aromatic nitrogens is 3. The molecule has 3 aromatic rings. The molecule has 0 unspecified atom stereocenters. The molecule has 0 radical (unpaired) electrons. The first kappa shape index (κ1) is 18.2. The van der Waals surface area contributed by atoms with Crippen LogP contribution in [0, 0.1) is 13.8 Å². The van der Waals surface area contributed by atoms with Crippen molar-refractivity contribution in [3.05, 3.63) is 51.9 Å². The number of carboxylic acid groups (broad SMARTS) is 1.